The van der Waals surface area contributed by atoms with Gasteiger partial charge >= 0.3 is 192 Å². The van der Waals surface area contributed by atoms with E-state index in [9.17, 15) is 0 Å². The molecule has 0 amide bonds. The summed E-state index contributed by atoms with van der Waals surface area (Å²) >= 11 is -0.383. The Balaban J connectivity index is 0.00000240. The van der Waals surface area contributed by atoms with E-state index in [0.717, 1.165) is 3.63 Å². The molecule has 0 bridgehead atoms. The van der Waals surface area contributed by atoms with Gasteiger partial charge < -0.3 is 24.8 Å². The molecule has 1 radical (unpaired) electrons. The summed E-state index contributed by atoms with van der Waals surface area (Å²) < 4.78 is 0.801. The van der Waals surface area contributed by atoms with E-state index in [0.29, 0.717) is 0 Å². The fourth-order valence-electron chi connectivity index (χ4n) is 4.13. The van der Waals surface area contributed by atoms with Crippen LogP contribution in [-0.2, 0) is 33.2 Å². The van der Waals surface area contributed by atoms with Crippen LogP contribution in [0.4, 0.5) is 0 Å². The molecule has 0 saturated heterocycles. The summed E-state index contributed by atoms with van der Waals surface area (Å²) in [5.41, 5.74) is 10.9. The Bertz CT molecular complexity index is 901. The summed E-state index contributed by atoms with van der Waals surface area (Å²) in [6.07, 6.45) is 3.76. The van der Waals surface area contributed by atoms with Gasteiger partial charge in [0.1, 0.15) is 0 Å². The number of halogens is 2. The van der Waals surface area contributed by atoms with Crippen molar-refractivity contribution in [2.45, 2.75) is 82.4 Å². The molecule has 1 aliphatic rings. The standard InChI is InChI=1S/C25H31.C2H6Si.2ClH.Zr/c1-8-17-12-18-10-9-11-22(23(18)13-17)19-14-20(24(2,3)4)16-21(15-19)25(5,6)7;1-3-2;;;/h9-16H,8H2,1-7H3;1-2H3;2*1H;/q;;;;+2/p-2. The Kier molecular flexibility index (Phi) is 10.1. The average Bonchev–Trinajstić information content (AvgIpc) is 2.97. The summed E-state index contributed by atoms with van der Waals surface area (Å²) in [5, 5.41) is 0. The molecule has 2 aromatic carbocycles. The van der Waals surface area contributed by atoms with Crippen molar-refractivity contribution in [1.29, 1.82) is 0 Å². The topological polar surface area (TPSA) is 0 Å². The van der Waals surface area contributed by atoms with Crippen LogP contribution in [0.2, 0.25) is 13.1 Å². The minimum absolute atomic E-state index is 0. The van der Waals surface area contributed by atoms with Crippen LogP contribution in [0.15, 0.2) is 42.0 Å². The first kappa shape index (κ1) is 28.9. The van der Waals surface area contributed by atoms with Gasteiger partial charge in [0.15, 0.2) is 0 Å². The molecule has 2 aromatic rings. The van der Waals surface area contributed by atoms with Crippen LogP contribution in [0.5, 0.6) is 0 Å². The van der Waals surface area contributed by atoms with Crippen molar-refractivity contribution < 1.29 is 47.2 Å². The number of hydrogen-bond acceptors (Lipinski definition) is 0. The summed E-state index contributed by atoms with van der Waals surface area (Å²) in [6.45, 7) is 21.4. The number of benzene rings is 2. The smallest absolute Gasteiger partial charge is 1.00 e. The fourth-order valence-corrected chi connectivity index (χ4v) is 13.1. The first-order valence-electron chi connectivity index (χ1n) is 11.0. The molecule has 4 heteroatoms. The minimum Gasteiger partial charge on any atom is -1.00 e. The second kappa shape index (κ2) is 10.9. The van der Waals surface area contributed by atoms with Crippen LogP contribution in [0.3, 0.4) is 0 Å². The molecule has 1 atom stereocenters. The molecular formula is C27H37Cl2SiZr. The van der Waals surface area contributed by atoms with Crippen molar-refractivity contribution in [2.75, 3.05) is 0 Å². The summed E-state index contributed by atoms with van der Waals surface area (Å²) in [4.78, 5) is 0. The van der Waals surface area contributed by atoms with E-state index in [4.69, 9.17) is 0 Å². The van der Waals surface area contributed by atoms with Crippen molar-refractivity contribution in [3.63, 3.8) is 0 Å². The molecule has 0 saturated carbocycles. The second-order valence-corrected chi connectivity index (χ2v) is 24.0. The molecule has 0 heterocycles. The van der Waals surface area contributed by atoms with Crippen LogP contribution in [-0.4, -0.2) is 5.92 Å². The number of rotatable bonds is 4. The van der Waals surface area contributed by atoms with Gasteiger partial charge in [-0.3, -0.25) is 0 Å². The van der Waals surface area contributed by atoms with Gasteiger partial charge in [-0.15, -0.1) is 0 Å². The molecule has 0 aliphatic heterocycles. The van der Waals surface area contributed by atoms with Crippen molar-refractivity contribution in [2.24, 2.45) is 0 Å². The molecule has 0 fully saturated rings. The Morgan fingerprint density at radius 2 is 1.42 bits per heavy atom. The predicted octanol–water partition coefficient (Wildman–Crippen LogP) is 2.14. The molecule has 0 N–H and O–H groups in total. The van der Waals surface area contributed by atoms with Crippen LogP contribution in [0.25, 0.3) is 17.2 Å². The quantitative estimate of drug-likeness (QED) is 0.511. The monoisotopic (exact) mass is 549 g/mol. The molecule has 0 spiro atoms. The van der Waals surface area contributed by atoms with Gasteiger partial charge in [-0.2, -0.15) is 0 Å². The second-order valence-electron chi connectivity index (χ2n) is 10.8. The van der Waals surface area contributed by atoms with E-state index in [2.05, 4.69) is 104 Å². The molecule has 31 heavy (non-hydrogen) atoms. The molecular weight excluding hydrogens is 515 g/mol. The zero-order valence-corrected chi connectivity index (χ0v) is 25.6. The Labute approximate surface area is 215 Å². The first-order valence-corrected chi connectivity index (χ1v) is 18.6. The number of hydrogen-bond donors (Lipinski definition) is 0. The van der Waals surface area contributed by atoms with Crippen molar-refractivity contribution in [3.8, 4) is 11.1 Å². The summed E-state index contributed by atoms with van der Waals surface area (Å²) in [6, 6.07) is 14.4. The molecule has 0 nitrogen and oxygen atoms in total. The van der Waals surface area contributed by atoms with Gasteiger partial charge in [-0.1, -0.05) is 0 Å². The molecule has 167 valence electrons. The van der Waals surface area contributed by atoms with Gasteiger partial charge in [-0.25, -0.2) is 0 Å². The number of allylic oxidation sites excluding steroid dienone is 1. The van der Waals surface area contributed by atoms with Crippen LogP contribution < -0.4 is 24.8 Å². The van der Waals surface area contributed by atoms with Crippen molar-refractivity contribution in [3.05, 3.63) is 64.2 Å². The zero-order valence-electron chi connectivity index (χ0n) is 20.6. The molecule has 0 aromatic heterocycles. The summed E-state index contributed by atoms with van der Waals surface area (Å²) in [7, 11) is 0. The minimum atomic E-state index is -0.383. The van der Waals surface area contributed by atoms with E-state index in [1.807, 2.05) is 0 Å². The average molecular weight is 552 g/mol. The maximum atomic E-state index is 2.56. The van der Waals surface area contributed by atoms with E-state index in [-0.39, 0.29) is 64.0 Å². The molecule has 1 unspecified atom stereocenters. The van der Waals surface area contributed by atoms with Crippen LogP contribution in [0, 0.1) is 0 Å². The molecule has 3 rings (SSSR count). The third-order valence-corrected chi connectivity index (χ3v) is 14.9. The third-order valence-electron chi connectivity index (χ3n) is 5.97. The Morgan fingerprint density at radius 3 is 1.87 bits per heavy atom. The third kappa shape index (κ3) is 6.47. The van der Waals surface area contributed by atoms with E-state index in [1.54, 1.807) is 11.1 Å². The van der Waals surface area contributed by atoms with Crippen LogP contribution >= 0.6 is 0 Å². The zero-order chi connectivity index (χ0) is 21.6. The largest absolute Gasteiger partial charge is 1.00 e. The van der Waals surface area contributed by atoms with Gasteiger partial charge in [0.2, 0.25) is 0 Å². The van der Waals surface area contributed by atoms with E-state index >= 15 is 0 Å². The Morgan fingerprint density at radius 1 is 0.871 bits per heavy atom. The van der Waals surface area contributed by atoms with Gasteiger partial charge in [0.05, 0.1) is 0 Å². The molecule has 1 aliphatic carbocycles. The van der Waals surface area contributed by atoms with Gasteiger partial charge in [-0.05, 0) is 0 Å². The van der Waals surface area contributed by atoms with Gasteiger partial charge in [0, 0.05) is 0 Å². The summed E-state index contributed by atoms with van der Waals surface area (Å²) in [5.74, 6) is -0.101. The van der Waals surface area contributed by atoms with E-state index in [1.165, 1.54) is 34.2 Å². The van der Waals surface area contributed by atoms with E-state index < -0.39 is 0 Å². The number of fused-ring (bicyclic) bond motifs is 1. The SMILES string of the molecule is CCC1=Cc2c(-c3cc(C(C)(C)C)cc(C(C)(C)C)c3)cccc2[CH]1[Zr+2][Si](C)C.[Cl-].[Cl-]. The van der Waals surface area contributed by atoms with Crippen molar-refractivity contribution >= 4 is 12.0 Å². The maximum Gasteiger partial charge on any atom is -1.00 e. The first-order chi connectivity index (χ1) is 13.4. The predicted molar refractivity (Wildman–Crippen MR) is 128 cm³/mol. The van der Waals surface area contributed by atoms with Gasteiger partial charge in [0.25, 0.3) is 0 Å². The van der Waals surface area contributed by atoms with Crippen molar-refractivity contribution in [1.82, 2.24) is 0 Å². The Hall–Kier alpha value is -0.140. The van der Waals surface area contributed by atoms with Crippen LogP contribution in [0.1, 0.15) is 80.8 Å². The maximum absolute atomic E-state index is 2.56. The normalized spacial score (nSPS) is 15.5. The fraction of sp³-hybridized carbons (Fsp3) is 0.481.